The number of benzene rings is 1. The molecule has 10 heteroatoms. The summed E-state index contributed by atoms with van der Waals surface area (Å²) in [5, 5.41) is 2.88. The zero-order valence-corrected chi connectivity index (χ0v) is 17.2. The van der Waals surface area contributed by atoms with Crippen LogP contribution >= 0.6 is 0 Å². The number of imide groups is 2. The molecule has 10 nitrogen and oxygen atoms in total. The van der Waals surface area contributed by atoms with Crippen LogP contribution in [0, 0.1) is 5.92 Å². The summed E-state index contributed by atoms with van der Waals surface area (Å²) in [5.74, 6) is -2.19. The van der Waals surface area contributed by atoms with Crippen molar-refractivity contribution in [3.05, 3.63) is 30.3 Å². The third-order valence-electron chi connectivity index (χ3n) is 5.25. The van der Waals surface area contributed by atoms with E-state index in [2.05, 4.69) is 15.2 Å². The summed E-state index contributed by atoms with van der Waals surface area (Å²) in [5.41, 5.74) is 0.768. The maximum atomic E-state index is 12.3. The van der Waals surface area contributed by atoms with Crippen molar-refractivity contribution in [2.75, 3.05) is 58.7 Å². The first-order valence-corrected chi connectivity index (χ1v) is 9.81. The van der Waals surface area contributed by atoms with E-state index in [-0.39, 0.29) is 6.03 Å². The number of amides is 6. The van der Waals surface area contributed by atoms with E-state index in [1.807, 2.05) is 30.3 Å². The lowest BCUT2D eigenvalue weighted by molar-refractivity contribution is -0.144. The van der Waals surface area contributed by atoms with Crippen molar-refractivity contribution < 1.29 is 19.2 Å². The molecule has 0 aliphatic carbocycles. The van der Waals surface area contributed by atoms with Gasteiger partial charge in [-0.25, -0.2) is 9.59 Å². The lowest BCUT2D eigenvalue weighted by Gasteiger charge is -2.34. The molecule has 0 unspecified atom stereocenters. The van der Waals surface area contributed by atoms with E-state index in [1.54, 1.807) is 4.90 Å². The number of anilines is 1. The van der Waals surface area contributed by atoms with Gasteiger partial charge >= 0.3 is 12.1 Å². The number of urea groups is 2. The standard InChI is InChI=1S/C20H26N6O4/c1-23-17(27)16(18(28)24(2)20(23)30)14-21-8-9-25-10-12-26(13-11-25)19(29)22-15-6-4-3-5-7-15/h3-7,14,16H,8-13H2,1-2H3,(H,22,29). The maximum absolute atomic E-state index is 12.3. The van der Waals surface area contributed by atoms with Gasteiger partial charge in [0.1, 0.15) is 0 Å². The number of hydrogen-bond donors (Lipinski definition) is 1. The van der Waals surface area contributed by atoms with Crippen LogP contribution in [0.2, 0.25) is 0 Å². The molecule has 1 aromatic carbocycles. The van der Waals surface area contributed by atoms with E-state index < -0.39 is 23.8 Å². The highest BCUT2D eigenvalue weighted by molar-refractivity contribution is 6.23. The number of rotatable bonds is 5. The molecule has 2 saturated heterocycles. The number of piperazine rings is 1. The van der Waals surface area contributed by atoms with Crippen molar-refractivity contribution in [2.45, 2.75) is 0 Å². The smallest absolute Gasteiger partial charge is 0.322 e. The van der Waals surface area contributed by atoms with Crippen LogP contribution < -0.4 is 5.32 Å². The highest BCUT2D eigenvalue weighted by Gasteiger charge is 2.41. The molecule has 1 aromatic rings. The number of carbonyl (C=O) groups excluding carboxylic acids is 4. The number of para-hydroxylation sites is 1. The normalized spacial score (nSPS) is 19.1. The molecule has 2 fully saturated rings. The lowest BCUT2D eigenvalue weighted by atomic mass is 10.1. The van der Waals surface area contributed by atoms with E-state index in [9.17, 15) is 19.2 Å². The Hall–Kier alpha value is -3.27. The van der Waals surface area contributed by atoms with Gasteiger partial charge in [0, 0.05) is 58.7 Å². The number of nitrogens with one attached hydrogen (secondary N) is 1. The molecule has 2 aliphatic heterocycles. The number of hydrogen-bond acceptors (Lipinski definition) is 6. The third-order valence-corrected chi connectivity index (χ3v) is 5.25. The molecular weight excluding hydrogens is 388 g/mol. The second kappa shape index (κ2) is 9.49. The van der Waals surface area contributed by atoms with E-state index in [0.717, 1.165) is 28.6 Å². The van der Waals surface area contributed by atoms with Crippen LogP contribution in [-0.2, 0) is 9.59 Å². The van der Waals surface area contributed by atoms with Gasteiger partial charge in [-0.05, 0) is 12.1 Å². The molecular formula is C20H26N6O4. The van der Waals surface area contributed by atoms with Crippen LogP contribution in [0.5, 0.6) is 0 Å². The predicted octanol–water partition coefficient (Wildman–Crippen LogP) is 0.574. The zero-order valence-electron chi connectivity index (χ0n) is 17.2. The van der Waals surface area contributed by atoms with Gasteiger partial charge < -0.3 is 10.2 Å². The van der Waals surface area contributed by atoms with Crippen LogP contribution in [0.15, 0.2) is 35.3 Å². The summed E-state index contributed by atoms with van der Waals surface area (Å²) < 4.78 is 0. The zero-order chi connectivity index (χ0) is 21.7. The molecule has 6 amide bonds. The van der Waals surface area contributed by atoms with Crippen molar-refractivity contribution in [3.8, 4) is 0 Å². The monoisotopic (exact) mass is 414 g/mol. The highest BCUT2D eigenvalue weighted by Crippen LogP contribution is 2.13. The molecule has 2 heterocycles. The van der Waals surface area contributed by atoms with Crippen LogP contribution in [0.3, 0.4) is 0 Å². The molecule has 0 saturated carbocycles. The number of aliphatic imine (C=N–C) groups is 1. The van der Waals surface area contributed by atoms with Crippen molar-refractivity contribution in [1.29, 1.82) is 0 Å². The average molecular weight is 414 g/mol. The molecule has 160 valence electrons. The Morgan fingerprint density at radius 3 is 2.23 bits per heavy atom. The second-order valence-corrected chi connectivity index (χ2v) is 7.23. The molecule has 0 atom stereocenters. The second-order valence-electron chi connectivity index (χ2n) is 7.23. The molecule has 0 bridgehead atoms. The largest absolute Gasteiger partial charge is 0.332 e. The van der Waals surface area contributed by atoms with Crippen molar-refractivity contribution in [2.24, 2.45) is 10.9 Å². The molecule has 3 rings (SSSR count). The Morgan fingerprint density at radius 2 is 1.63 bits per heavy atom. The number of carbonyl (C=O) groups is 4. The molecule has 0 spiro atoms. The first-order chi connectivity index (χ1) is 14.4. The maximum Gasteiger partial charge on any atom is 0.332 e. The van der Waals surface area contributed by atoms with E-state index in [4.69, 9.17) is 0 Å². The van der Waals surface area contributed by atoms with Crippen LogP contribution in [0.1, 0.15) is 0 Å². The fourth-order valence-electron chi connectivity index (χ4n) is 3.34. The van der Waals surface area contributed by atoms with Gasteiger partial charge in [0.2, 0.25) is 11.8 Å². The van der Waals surface area contributed by atoms with E-state index >= 15 is 0 Å². The van der Waals surface area contributed by atoms with Gasteiger partial charge in [-0.2, -0.15) is 0 Å². The van der Waals surface area contributed by atoms with E-state index in [1.165, 1.54) is 20.3 Å². The Balaban J connectivity index is 1.41. The Morgan fingerprint density at radius 1 is 1.03 bits per heavy atom. The topological polar surface area (TPSA) is 106 Å². The van der Waals surface area contributed by atoms with Crippen LogP contribution in [0.4, 0.5) is 15.3 Å². The van der Waals surface area contributed by atoms with Gasteiger partial charge in [-0.15, -0.1) is 0 Å². The fraction of sp³-hybridized carbons (Fsp3) is 0.450. The minimum atomic E-state index is -1.06. The highest BCUT2D eigenvalue weighted by atomic mass is 16.2. The summed E-state index contributed by atoms with van der Waals surface area (Å²) in [7, 11) is 2.70. The summed E-state index contributed by atoms with van der Waals surface area (Å²) >= 11 is 0. The van der Waals surface area contributed by atoms with Crippen molar-refractivity contribution in [1.82, 2.24) is 19.6 Å². The van der Waals surface area contributed by atoms with Crippen LogP contribution in [0.25, 0.3) is 0 Å². The average Bonchev–Trinajstić information content (AvgIpc) is 2.77. The molecule has 0 aromatic heterocycles. The van der Waals surface area contributed by atoms with Gasteiger partial charge in [0.05, 0.1) is 6.54 Å². The lowest BCUT2D eigenvalue weighted by Crippen LogP contribution is -2.57. The third kappa shape index (κ3) is 4.82. The van der Waals surface area contributed by atoms with E-state index in [0.29, 0.717) is 26.2 Å². The first kappa shape index (κ1) is 21.4. The first-order valence-electron chi connectivity index (χ1n) is 9.81. The quantitative estimate of drug-likeness (QED) is 0.560. The fourth-order valence-corrected chi connectivity index (χ4v) is 3.34. The Kier molecular flexibility index (Phi) is 6.78. The van der Waals surface area contributed by atoms with Gasteiger partial charge in [-0.1, -0.05) is 18.2 Å². The van der Waals surface area contributed by atoms with Crippen molar-refractivity contribution in [3.63, 3.8) is 0 Å². The SMILES string of the molecule is CN1C(=O)C(C=NCCN2CCN(C(=O)Nc3ccccc3)CC2)C(=O)N(C)C1=O. The molecule has 1 N–H and O–H groups in total. The number of barbiturate groups is 1. The minimum Gasteiger partial charge on any atom is -0.322 e. The van der Waals surface area contributed by atoms with Gasteiger partial charge in [0.25, 0.3) is 0 Å². The minimum absolute atomic E-state index is 0.115. The summed E-state index contributed by atoms with van der Waals surface area (Å²) in [6.45, 7) is 3.75. The Labute approximate surface area is 175 Å². The Bertz CT molecular complexity index is 811. The van der Waals surface area contributed by atoms with Crippen molar-refractivity contribution >= 4 is 35.8 Å². The number of nitrogens with zero attached hydrogens (tertiary/aromatic N) is 5. The molecule has 0 radical (unpaired) electrons. The summed E-state index contributed by atoms with van der Waals surface area (Å²) in [4.78, 5) is 58.4. The van der Waals surface area contributed by atoms with Gasteiger partial charge in [-0.3, -0.25) is 29.3 Å². The molecule has 30 heavy (non-hydrogen) atoms. The summed E-state index contributed by atoms with van der Waals surface area (Å²) in [6.07, 6.45) is 1.33. The van der Waals surface area contributed by atoms with Crippen LogP contribution in [-0.4, -0.2) is 103 Å². The molecule has 2 aliphatic rings. The predicted molar refractivity (Wildman–Crippen MR) is 111 cm³/mol. The summed E-state index contributed by atoms with van der Waals surface area (Å²) in [6, 6.07) is 8.58. The van der Waals surface area contributed by atoms with Gasteiger partial charge in [0.15, 0.2) is 5.92 Å².